The summed E-state index contributed by atoms with van der Waals surface area (Å²) in [4.78, 5) is 0. The molecule has 20 heavy (non-hydrogen) atoms. The van der Waals surface area contributed by atoms with Gasteiger partial charge >= 0.3 is 0 Å². The van der Waals surface area contributed by atoms with Gasteiger partial charge in [0, 0.05) is 6.54 Å². The quantitative estimate of drug-likeness (QED) is 0.808. The molecule has 106 valence electrons. The summed E-state index contributed by atoms with van der Waals surface area (Å²) in [5.41, 5.74) is 5.28. The summed E-state index contributed by atoms with van der Waals surface area (Å²) in [6.45, 7) is 6.14. The van der Waals surface area contributed by atoms with Crippen LogP contribution in [0.4, 0.5) is 0 Å². The van der Waals surface area contributed by atoms with E-state index in [4.69, 9.17) is 4.74 Å². The van der Waals surface area contributed by atoms with Crippen LogP contribution in [0.1, 0.15) is 22.3 Å². The standard InChI is InChI=1S/C18H23NO/c1-14-6-4-5-7-17(14)10-11-19-13-16-8-9-18(20-3)15(2)12-16/h4-9,12,19H,10-11,13H2,1-3H3. The van der Waals surface area contributed by atoms with E-state index in [0.717, 1.165) is 25.3 Å². The molecule has 0 fully saturated rings. The monoisotopic (exact) mass is 269 g/mol. The highest BCUT2D eigenvalue weighted by atomic mass is 16.5. The highest BCUT2D eigenvalue weighted by molar-refractivity contribution is 5.36. The zero-order valence-electron chi connectivity index (χ0n) is 12.6. The van der Waals surface area contributed by atoms with Gasteiger partial charge in [0.15, 0.2) is 0 Å². The van der Waals surface area contributed by atoms with Crippen molar-refractivity contribution in [2.75, 3.05) is 13.7 Å². The molecule has 0 saturated carbocycles. The molecule has 2 heteroatoms. The first-order valence-electron chi connectivity index (χ1n) is 7.09. The van der Waals surface area contributed by atoms with Crippen LogP contribution in [0.3, 0.4) is 0 Å². The molecular weight excluding hydrogens is 246 g/mol. The molecule has 0 bridgehead atoms. The van der Waals surface area contributed by atoms with Crippen LogP contribution in [0.25, 0.3) is 0 Å². The second-order valence-electron chi connectivity index (χ2n) is 5.16. The van der Waals surface area contributed by atoms with Gasteiger partial charge in [0.1, 0.15) is 5.75 Å². The SMILES string of the molecule is COc1ccc(CNCCc2ccccc2C)cc1C. The minimum atomic E-state index is 0.900. The third-order valence-electron chi connectivity index (χ3n) is 3.62. The number of rotatable bonds is 6. The number of methoxy groups -OCH3 is 1. The Labute approximate surface area is 121 Å². The molecule has 2 rings (SSSR count). The highest BCUT2D eigenvalue weighted by Crippen LogP contribution is 2.18. The van der Waals surface area contributed by atoms with Crippen LogP contribution in [0.5, 0.6) is 5.75 Å². The van der Waals surface area contributed by atoms with Gasteiger partial charge in [-0.2, -0.15) is 0 Å². The van der Waals surface area contributed by atoms with Gasteiger partial charge in [0.05, 0.1) is 7.11 Å². The Morgan fingerprint density at radius 3 is 2.50 bits per heavy atom. The van der Waals surface area contributed by atoms with Crippen molar-refractivity contribution in [3.05, 3.63) is 64.7 Å². The number of ether oxygens (including phenoxy) is 1. The van der Waals surface area contributed by atoms with Crippen molar-refractivity contribution < 1.29 is 4.74 Å². The third kappa shape index (κ3) is 3.84. The molecule has 0 atom stereocenters. The zero-order valence-corrected chi connectivity index (χ0v) is 12.6. The van der Waals surface area contributed by atoms with Gasteiger partial charge in [-0.25, -0.2) is 0 Å². The summed E-state index contributed by atoms with van der Waals surface area (Å²) in [7, 11) is 1.71. The van der Waals surface area contributed by atoms with Crippen LogP contribution in [-0.2, 0) is 13.0 Å². The number of hydrogen-bond acceptors (Lipinski definition) is 2. The van der Waals surface area contributed by atoms with Crippen molar-refractivity contribution in [1.29, 1.82) is 0 Å². The minimum absolute atomic E-state index is 0.900. The average molecular weight is 269 g/mol. The van der Waals surface area contributed by atoms with Crippen molar-refractivity contribution in [2.45, 2.75) is 26.8 Å². The average Bonchev–Trinajstić information content (AvgIpc) is 2.45. The summed E-state index contributed by atoms with van der Waals surface area (Å²) in [6, 6.07) is 14.9. The van der Waals surface area contributed by atoms with E-state index >= 15 is 0 Å². The summed E-state index contributed by atoms with van der Waals surface area (Å²) in [5.74, 6) is 0.952. The predicted octanol–water partition coefficient (Wildman–Crippen LogP) is 3.64. The van der Waals surface area contributed by atoms with Gasteiger partial charge < -0.3 is 10.1 Å². The van der Waals surface area contributed by atoms with Crippen molar-refractivity contribution >= 4 is 0 Å². The van der Waals surface area contributed by atoms with E-state index < -0.39 is 0 Å². The first-order chi connectivity index (χ1) is 9.70. The topological polar surface area (TPSA) is 21.3 Å². The Kier molecular flexibility index (Phi) is 5.19. The lowest BCUT2D eigenvalue weighted by atomic mass is 10.1. The Balaban J connectivity index is 1.82. The van der Waals surface area contributed by atoms with Crippen LogP contribution in [0.2, 0.25) is 0 Å². The Morgan fingerprint density at radius 1 is 1.00 bits per heavy atom. The predicted molar refractivity (Wildman–Crippen MR) is 84.3 cm³/mol. The lowest BCUT2D eigenvalue weighted by molar-refractivity contribution is 0.411. The van der Waals surface area contributed by atoms with E-state index in [1.807, 2.05) is 6.07 Å². The molecule has 2 aromatic carbocycles. The second-order valence-corrected chi connectivity index (χ2v) is 5.16. The first kappa shape index (κ1) is 14.6. The molecule has 0 aromatic heterocycles. The van der Waals surface area contributed by atoms with E-state index in [9.17, 15) is 0 Å². The third-order valence-corrected chi connectivity index (χ3v) is 3.62. The molecule has 0 aliphatic heterocycles. The highest BCUT2D eigenvalue weighted by Gasteiger charge is 2.00. The van der Waals surface area contributed by atoms with E-state index in [2.05, 4.69) is 55.6 Å². The minimum Gasteiger partial charge on any atom is -0.496 e. The second kappa shape index (κ2) is 7.11. The van der Waals surface area contributed by atoms with Gasteiger partial charge in [-0.15, -0.1) is 0 Å². The van der Waals surface area contributed by atoms with Crippen molar-refractivity contribution in [2.24, 2.45) is 0 Å². The summed E-state index contributed by atoms with van der Waals surface area (Å²) < 4.78 is 5.28. The molecule has 0 heterocycles. The molecule has 1 N–H and O–H groups in total. The van der Waals surface area contributed by atoms with Gasteiger partial charge in [-0.1, -0.05) is 36.4 Å². The van der Waals surface area contributed by atoms with Gasteiger partial charge in [0.25, 0.3) is 0 Å². The lowest BCUT2D eigenvalue weighted by Crippen LogP contribution is -2.17. The van der Waals surface area contributed by atoms with Crippen LogP contribution in [0.15, 0.2) is 42.5 Å². The molecule has 0 spiro atoms. The fraction of sp³-hybridized carbons (Fsp3) is 0.333. The normalized spacial score (nSPS) is 10.6. The number of nitrogens with one attached hydrogen (secondary N) is 1. The van der Waals surface area contributed by atoms with Crippen molar-refractivity contribution in [3.63, 3.8) is 0 Å². The van der Waals surface area contributed by atoms with Crippen LogP contribution in [0, 0.1) is 13.8 Å². The van der Waals surface area contributed by atoms with Crippen LogP contribution in [-0.4, -0.2) is 13.7 Å². The Morgan fingerprint density at radius 2 is 1.80 bits per heavy atom. The molecule has 0 unspecified atom stereocenters. The summed E-state index contributed by atoms with van der Waals surface area (Å²) >= 11 is 0. The fourth-order valence-electron chi connectivity index (χ4n) is 2.40. The zero-order chi connectivity index (χ0) is 14.4. The van der Waals surface area contributed by atoms with Crippen LogP contribution >= 0.6 is 0 Å². The maximum atomic E-state index is 5.28. The van der Waals surface area contributed by atoms with E-state index in [-0.39, 0.29) is 0 Å². The molecule has 0 aliphatic carbocycles. The van der Waals surface area contributed by atoms with Crippen molar-refractivity contribution in [1.82, 2.24) is 5.32 Å². The largest absolute Gasteiger partial charge is 0.496 e. The smallest absolute Gasteiger partial charge is 0.121 e. The molecule has 2 aromatic rings. The van der Waals surface area contributed by atoms with Gasteiger partial charge in [-0.3, -0.25) is 0 Å². The maximum absolute atomic E-state index is 5.28. The van der Waals surface area contributed by atoms with Crippen molar-refractivity contribution in [3.8, 4) is 5.75 Å². The first-order valence-corrected chi connectivity index (χ1v) is 7.09. The Hall–Kier alpha value is -1.80. The molecule has 2 nitrogen and oxygen atoms in total. The lowest BCUT2D eigenvalue weighted by Gasteiger charge is -2.09. The van der Waals surface area contributed by atoms with Gasteiger partial charge in [0.2, 0.25) is 0 Å². The maximum Gasteiger partial charge on any atom is 0.121 e. The molecule has 0 aliphatic rings. The number of aryl methyl sites for hydroxylation is 2. The molecule has 0 amide bonds. The molecule has 0 saturated heterocycles. The molecular formula is C18H23NO. The summed E-state index contributed by atoms with van der Waals surface area (Å²) in [5, 5.41) is 3.50. The number of hydrogen-bond donors (Lipinski definition) is 1. The van der Waals surface area contributed by atoms with E-state index in [0.29, 0.717) is 0 Å². The number of benzene rings is 2. The van der Waals surface area contributed by atoms with Gasteiger partial charge in [-0.05, 0) is 55.1 Å². The Bertz CT molecular complexity index is 563. The summed E-state index contributed by atoms with van der Waals surface area (Å²) in [6.07, 6.45) is 1.07. The van der Waals surface area contributed by atoms with E-state index in [1.54, 1.807) is 7.11 Å². The molecule has 0 radical (unpaired) electrons. The fourth-order valence-corrected chi connectivity index (χ4v) is 2.40. The van der Waals surface area contributed by atoms with E-state index in [1.165, 1.54) is 22.3 Å². The van der Waals surface area contributed by atoms with Crippen LogP contribution < -0.4 is 10.1 Å².